The number of fused-ring (bicyclic) bond motifs is 1. The lowest BCUT2D eigenvalue weighted by molar-refractivity contribution is 0.877. The molecule has 4 heteroatoms. The van der Waals surface area contributed by atoms with Crippen molar-refractivity contribution in [3.05, 3.63) is 60.7 Å². The summed E-state index contributed by atoms with van der Waals surface area (Å²) in [5, 5.41) is 5.50. The first-order valence-corrected chi connectivity index (χ1v) is 6.54. The van der Waals surface area contributed by atoms with Gasteiger partial charge >= 0.3 is 0 Å². The molecule has 2 heterocycles. The van der Waals surface area contributed by atoms with Gasteiger partial charge in [-0.2, -0.15) is 0 Å². The second-order valence-corrected chi connectivity index (χ2v) is 4.78. The molecule has 2 aromatic heterocycles. The minimum absolute atomic E-state index is 0.144. The highest BCUT2D eigenvalue weighted by atomic mass is 14.9. The molecule has 1 atom stereocenters. The molecule has 0 aliphatic rings. The van der Waals surface area contributed by atoms with Gasteiger partial charge in [0.2, 0.25) is 0 Å². The van der Waals surface area contributed by atoms with E-state index in [0.29, 0.717) is 0 Å². The Morgan fingerprint density at radius 1 is 1.05 bits per heavy atom. The Morgan fingerprint density at radius 3 is 2.70 bits per heavy atom. The quantitative estimate of drug-likeness (QED) is 0.712. The van der Waals surface area contributed by atoms with Gasteiger partial charge in [-0.25, -0.2) is 0 Å². The molecule has 1 unspecified atom stereocenters. The second kappa shape index (κ2) is 5.17. The van der Waals surface area contributed by atoms with Crippen molar-refractivity contribution in [2.24, 2.45) is 0 Å². The van der Waals surface area contributed by atoms with Crippen LogP contribution < -0.4 is 11.1 Å². The van der Waals surface area contributed by atoms with Gasteiger partial charge in [-0.05, 0) is 30.7 Å². The molecule has 0 saturated carbocycles. The zero-order valence-corrected chi connectivity index (χ0v) is 11.2. The van der Waals surface area contributed by atoms with Crippen LogP contribution in [0.1, 0.15) is 18.5 Å². The Labute approximate surface area is 117 Å². The van der Waals surface area contributed by atoms with E-state index in [1.54, 1.807) is 12.4 Å². The van der Waals surface area contributed by atoms with Crippen LogP contribution in [0, 0.1) is 0 Å². The van der Waals surface area contributed by atoms with Crippen molar-refractivity contribution in [3.8, 4) is 0 Å². The van der Waals surface area contributed by atoms with Gasteiger partial charge < -0.3 is 11.1 Å². The number of nitrogen functional groups attached to an aromatic ring is 1. The van der Waals surface area contributed by atoms with E-state index in [1.165, 1.54) is 0 Å². The predicted molar refractivity (Wildman–Crippen MR) is 82.4 cm³/mol. The minimum Gasteiger partial charge on any atom is -0.397 e. The number of rotatable bonds is 3. The number of benzene rings is 1. The monoisotopic (exact) mass is 264 g/mol. The van der Waals surface area contributed by atoms with Crippen molar-refractivity contribution in [1.82, 2.24) is 9.97 Å². The average molecular weight is 264 g/mol. The number of hydrogen-bond donors (Lipinski definition) is 2. The van der Waals surface area contributed by atoms with Crippen LogP contribution >= 0.6 is 0 Å². The summed E-state index contributed by atoms with van der Waals surface area (Å²) in [6.45, 7) is 2.09. The lowest BCUT2D eigenvalue weighted by Crippen LogP contribution is -2.08. The summed E-state index contributed by atoms with van der Waals surface area (Å²) in [5.41, 5.74) is 9.05. The molecular formula is C16H16N4. The molecule has 3 aromatic rings. The molecular weight excluding hydrogens is 248 g/mol. The van der Waals surface area contributed by atoms with Gasteiger partial charge in [0.15, 0.2) is 0 Å². The molecule has 0 radical (unpaired) electrons. The summed E-state index contributed by atoms with van der Waals surface area (Å²) in [4.78, 5) is 8.25. The Kier molecular flexibility index (Phi) is 3.21. The van der Waals surface area contributed by atoms with E-state index in [9.17, 15) is 0 Å². The van der Waals surface area contributed by atoms with Crippen LogP contribution in [0.25, 0.3) is 10.8 Å². The molecule has 20 heavy (non-hydrogen) atoms. The van der Waals surface area contributed by atoms with Gasteiger partial charge in [0.05, 0.1) is 17.4 Å². The largest absolute Gasteiger partial charge is 0.397 e. The number of nitrogens with one attached hydrogen (secondary N) is 1. The van der Waals surface area contributed by atoms with E-state index in [-0.39, 0.29) is 6.04 Å². The maximum absolute atomic E-state index is 6.24. The van der Waals surface area contributed by atoms with Crippen molar-refractivity contribution in [2.75, 3.05) is 11.1 Å². The van der Waals surface area contributed by atoms with Crippen molar-refractivity contribution in [1.29, 1.82) is 0 Å². The van der Waals surface area contributed by atoms with E-state index in [2.05, 4.69) is 22.2 Å². The molecule has 0 amide bonds. The molecule has 3 rings (SSSR count). The number of aromatic nitrogens is 2. The normalized spacial score (nSPS) is 12.2. The summed E-state index contributed by atoms with van der Waals surface area (Å²) in [5.74, 6) is 0. The van der Waals surface area contributed by atoms with Crippen LogP contribution in [-0.2, 0) is 0 Å². The van der Waals surface area contributed by atoms with Crippen LogP contribution in [0.4, 0.5) is 11.4 Å². The zero-order valence-electron chi connectivity index (χ0n) is 11.2. The number of pyridine rings is 2. The van der Waals surface area contributed by atoms with Crippen LogP contribution in [0.5, 0.6) is 0 Å². The maximum atomic E-state index is 6.24. The standard InChI is InChI=1S/C16H16N4/c1-11(12-3-2-7-18-9-12)20-15-5-4-13-10-19-8-6-14(13)16(15)17/h2-11,20H,17H2,1H3. The van der Waals surface area contributed by atoms with Gasteiger partial charge in [-0.1, -0.05) is 12.1 Å². The molecule has 4 nitrogen and oxygen atoms in total. The molecule has 100 valence electrons. The number of nitrogens with two attached hydrogens (primary N) is 1. The van der Waals surface area contributed by atoms with E-state index in [4.69, 9.17) is 5.73 Å². The molecule has 3 N–H and O–H groups in total. The maximum Gasteiger partial charge on any atom is 0.0630 e. The van der Waals surface area contributed by atoms with Crippen LogP contribution in [-0.4, -0.2) is 9.97 Å². The summed E-state index contributed by atoms with van der Waals surface area (Å²) < 4.78 is 0. The molecule has 0 saturated heterocycles. The highest BCUT2D eigenvalue weighted by molar-refractivity contribution is 5.98. The average Bonchev–Trinajstić information content (AvgIpc) is 2.51. The summed E-state index contributed by atoms with van der Waals surface area (Å²) in [7, 11) is 0. The Bertz CT molecular complexity index is 725. The molecule has 0 fully saturated rings. The van der Waals surface area contributed by atoms with E-state index < -0.39 is 0 Å². The highest BCUT2D eigenvalue weighted by Crippen LogP contribution is 2.30. The topological polar surface area (TPSA) is 63.8 Å². The fraction of sp³-hybridized carbons (Fsp3) is 0.125. The SMILES string of the molecule is CC(Nc1ccc2cnccc2c1N)c1cccnc1. The fourth-order valence-electron chi connectivity index (χ4n) is 2.27. The molecule has 0 spiro atoms. The lowest BCUT2D eigenvalue weighted by Gasteiger charge is -2.17. The number of anilines is 2. The summed E-state index contributed by atoms with van der Waals surface area (Å²) in [6.07, 6.45) is 7.21. The van der Waals surface area contributed by atoms with Gasteiger partial charge in [-0.3, -0.25) is 9.97 Å². The predicted octanol–water partition coefficient (Wildman–Crippen LogP) is 3.39. The third-order valence-electron chi connectivity index (χ3n) is 3.42. The first kappa shape index (κ1) is 12.4. The van der Waals surface area contributed by atoms with Crippen LogP contribution in [0.3, 0.4) is 0 Å². The highest BCUT2D eigenvalue weighted by Gasteiger charge is 2.09. The minimum atomic E-state index is 0.144. The van der Waals surface area contributed by atoms with Crippen LogP contribution in [0.15, 0.2) is 55.1 Å². The van der Waals surface area contributed by atoms with Crippen LogP contribution in [0.2, 0.25) is 0 Å². The molecule has 0 aliphatic carbocycles. The lowest BCUT2D eigenvalue weighted by atomic mass is 10.1. The first-order valence-electron chi connectivity index (χ1n) is 6.54. The molecule has 0 bridgehead atoms. The number of nitrogens with zero attached hydrogens (tertiary/aromatic N) is 2. The molecule has 1 aromatic carbocycles. The summed E-state index contributed by atoms with van der Waals surface area (Å²) in [6, 6.07) is 10.1. The number of hydrogen-bond acceptors (Lipinski definition) is 4. The first-order chi connectivity index (χ1) is 9.75. The Balaban J connectivity index is 1.93. The third-order valence-corrected chi connectivity index (χ3v) is 3.42. The molecule has 0 aliphatic heterocycles. The van der Waals surface area contributed by atoms with Crippen molar-refractivity contribution in [3.63, 3.8) is 0 Å². The summed E-state index contributed by atoms with van der Waals surface area (Å²) >= 11 is 0. The van der Waals surface area contributed by atoms with Gasteiger partial charge in [0.25, 0.3) is 0 Å². The second-order valence-electron chi connectivity index (χ2n) is 4.78. The van der Waals surface area contributed by atoms with Crippen molar-refractivity contribution >= 4 is 22.1 Å². The van der Waals surface area contributed by atoms with Gasteiger partial charge in [0.1, 0.15) is 0 Å². The van der Waals surface area contributed by atoms with E-state index in [0.717, 1.165) is 27.7 Å². The zero-order chi connectivity index (χ0) is 13.9. The van der Waals surface area contributed by atoms with Crippen molar-refractivity contribution in [2.45, 2.75) is 13.0 Å². The van der Waals surface area contributed by atoms with E-state index in [1.807, 2.05) is 42.7 Å². The third kappa shape index (κ3) is 2.28. The smallest absolute Gasteiger partial charge is 0.0630 e. The Morgan fingerprint density at radius 2 is 1.90 bits per heavy atom. The van der Waals surface area contributed by atoms with E-state index >= 15 is 0 Å². The fourth-order valence-corrected chi connectivity index (χ4v) is 2.27. The van der Waals surface area contributed by atoms with Gasteiger partial charge in [-0.15, -0.1) is 0 Å². The van der Waals surface area contributed by atoms with Crippen molar-refractivity contribution < 1.29 is 0 Å². The Hall–Kier alpha value is -2.62. The van der Waals surface area contributed by atoms with Gasteiger partial charge in [0, 0.05) is 35.6 Å².